The third kappa shape index (κ3) is 2.17. The first-order valence-corrected chi connectivity index (χ1v) is 5.68. The van der Waals surface area contributed by atoms with Crippen LogP contribution < -0.4 is 4.74 Å². The molecule has 1 N–H and O–H groups in total. The zero-order chi connectivity index (χ0) is 11.6. The van der Waals surface area contributed by atoms with Crippen molar-refractivity contribution in [3.05, 3.63) is 28.8 Å². The van der Waals surface area contributed by atoms with Gasteiger partial charge in [-0.15, -0.1) is 0 Å². The number of ether oxygens (including phenoxy) is 2. The fourth-order valence-electron chi connectivity index (χ4n) is 1.95. The molecule has 1 fully saturated rings. The second-order valence-corrected chi connectivity index (χ2v) is 4.40. The van der Waals surface area contributed by atoms with E-state index in [0.717, 1.165) is 5.56 Å². The van der Waals surface area contributed by atoms with Crippen molar-refractivity contribution in [2.24, 2.45) is 0 Å². The van der Waals surface area contributed by atoms with Crippen LogP contribution in [0.4, 0.5) is 0 Å². The van der Waals surface area contributed by atoms with E-state index in [-0.39, 0.29) is 0 Å². The van der Waals surface area contributed by atoms with E-state index in [1.807, 2.05) is 6.07 Å². The van der Waals surface area contributed by atoms with Crippen LogP contribution in [0.1, 0.15) is 18.4 Å². The number of methoxy groups -OCH3 is 1. The summed E-state index contributed by atoms with van der Waals surface area (Å²) in [6.45, 7) is 1.17. The second-order valence-electron chi connectivity index (χ2n) is 3.99. The lowest BCUT2D eigenvalue weighted by Gasteiger charge is -2.32. The Labute approximate surface area is 99.9 Å². The Balaban J connectivity index is 2.32. The zero-order valence-corrected chi connectivity index (χ0v) is 9.96. The molecule has 2 rings (SSSR count). The van der Waals surface area contributed by atoms with E-state index in [1.54, 1.807) is 19.2 Å². The van der Waals surface area contributed by atoms with Crippen molar-refractivity contribution in [2.45, 2.75) is 18.4 Å². The second kappa shape index (κ2) is 4.62. The first-order chi connectivity index (χ1) is 7.65. The molecule has 0 saturated carbocycles. The van der Waals surface area contributed by atoms with Crippen molar-refractivity contribution in [3.63, 3.8) is 0 Å². The number of hydrogen-bond donors (Lipinski definition) is 1. The molecule has 0 bridgehead atoms. The molecule has 16 heavy (non-hydrogen) atoms. The summed E-state index contributed by atoms with van der Waals surface area (Å²) in [5, 5.41) is 11.0. The van der Waals surface area contributed by atoms with Crippen LogP contribution in [0.2, 0.25) is 5.02 Å². The maximum absolute atomic E-state index is 10.5. The minimum atomic E-state index is -0.809. The van der Waals surface area contributed by atoms with Crippen molar-refractivity contribution in [2.75, 3.05) is 20.3 Å². The van der Waals surface area contributed by atoms with Gasteiger partial charge in [0.05, 0.1) is 17.7 Å². The minimum Gasteiger partial charge on any atom is -0.495 e. The van der Waals surface area contributed by atoms with Gasteiger partial charge in [0.1, 0.15) is 5.75 Å². The monoisotopic (exact) mass is 242 g/mol. The normalized spacial score (nSPS) is 19.4. The highest BCUT2D eigenvalue weighted by molar-refractivity contribution is 6.32. The molecule has 0 aliphatic carbocycles. The molecule has 1 saturated heterocycles. The van der Waals surface area contributed by atoms with Crippen molar-refractivity contribution >= 4 is 11.6 Å². The van der Waals surface area contributed by atoms with Gasteiger partial charge in [0, 0.05) is 26.1 Å². The van der Waals surface area contributed by atoms with Crippen molar-refractivity contribution in [1.29, 1.82) is 0 Å². The summed E-state index contributed by atoms with van der Waals surface area (Å²) in [4.78, 5) is 0. The molecule has 0 aromatic heterocycles. The van der Waals surface area contributed by atoms with Crippen LogP contribution in [0, 0.1) is 0 Å². The molecular weight excluding hydrogens is 228 g/mol. The van der Waals surface area contributed by atoms with Crippen molar-refractivity contribution in [3.8, 4) is 5.75 Å². The molecule has 1 aliphatic rings. The van der Waals surface area contributed by atoms with Gasteiger partial charge < -0.3 is 14.6 Å². The summed E-state index contributed by atoms with van der Waals surface area (Å²) in [7, 11) is 1.57. The van der Waals surface area contributed by atoms with Crippen LogP contribution in [0.3, 0.4) is 0 Å². The third-order valence-electron chi connectivity index (χ3n) is 3.01. The topological polar surface area (TPSA) is 38.7 Å². The van der Waals surface area contributed by atoms with Gasteiger partial charge in [0.2, 0.25) is 0 Å². The van der Waals surface area contributed by atoms with Gasteiger partial charge >= 0.3 is 0 Å². The molecule has 3 nitrogen and oxygen atoms in total. The molecule has 4 heteroatoms. The molecule has 0 atom stereocenters. The quantitative estimate of drug-likeness (QED) is 0.865. The average Bonchev–Trinajstić information content (AvgIpc) is 2.30. The van der Waals surface area contributed by atoms with Crippen LogP contribution in [-0.4, -0.2) is 25.4 Å². The SMILES string of the molecule is COc1cc(C2(O)CCOCC2)ccc1Cl. The summed E-state index contributed by atoms with van der Waals surface area (Å²) in [6, 6.07) is 5.40. The Morgan fingerprint density at radius 1 is 1.38 bits per heavy atom. The van der Waals surface area contributed by atoms with Crippen molar-refractivity contribution < 1.29 is 14.6 Å². The Hall–Kier alpha value is -0.770. The summed E-state index contributed by atoms with van der Waals surface area (Å²) < 4.78 is 10.4. The highest BCUT2D eigenvalue weighted by atomic mass is 35.5. The van der Waals surface area contributed by atoms with E-state index in [4.69, 9.17) is 21.1 Å². The molecule has 1 aliphatic heterocycles. The number of rotatable bonds is 2. The molecule has 1 aromatic rings. The lowest BCUT2D eigenvalue weighted by atomic mass is 9.86. The molecule has 1 heterocycles. The first kappa shape index (κ1) is 11.7. The fraction of sp³-hybridized carbons (Fsp3) is 0.500. The van der Waals surface area contributed by atoms with Crippen LogP contribution in [0.5, 0.6) is 5.75 Å². The molecule has 0 unspecified atom stereocenters. The van der Waals surface area contributed by atoms with Gasteiger partial charge in [0.15, 0.2) is 0 Å². The van der Waals surface area contributed by atoms with Gasteiger partial charge in [-0.05, 0) is 17.7 Å². The average molecular weight is 243 g/mol. The predicted molar refractivity (Wildman–Crippen MR) is 62.0 cm³/mol. The summed E-state index contributed by atoms with van der Waals surface area (Å²) >= 11 is 5.95. The van der Waals surface area contributed by atoms with E-state index in [1.165, 1.54) is 0 Å². The Morgan fingerprint density at radius 3 is 2.69 bits per heavy atom. The molecule has 1 aromatic carbocycles. The van der Waals surface area contributed by atoms with Crippen LogP contribution >= 0.6 is 11.6 Å². The molecule has 0 spiro atoms. The number of hydrogen-bond acceptors (Lipinski definition) is 3. The highest BCUT2D eigenvalue weighted by Gasteiger charge is 2.32. The van der Waals surface area contributed by atoms with Crippen LogP contribution in [-0.2, 0) is 10.3 Å². The molecule has 88 valence electrons. The Morgan fingerprint density at radius 2 is 2.06 bits per heavy atom. The number of benzene rings is 1. The lowest BCUT2D eigenvalue weighted by molar-refractivity contribution is -0.0680. The number of halogens is 1. The summed E-state index contributed by atoms with van der Waals surface area (Å²) in [5.74, 6) is 0.596. The maximum Gasteiger partial charge on any atom is 0.137 e. The van der Waals surface area contributed by atoms with E-state index in [9.17, 15) is 5.11 Å². The van der Waals surface area contributed by atoms with Crippen LogP contribution in [0.15, 0.2) is 18.2 Å². The minimum absolute atomic E-state index is 0.557. The van der Waals surface area contributed by atoms with Crippen molar-refractivity contribution in [1.82, 2.24) is 0 Å². The Bertz CT molecular complexity index is 373. The molecule has 0 amide bonds. The van der Waals surface area contributed by atoms with E-state index >= 15 is 0 Å². The van der Waals surface area contributed by atoms with Gasteiger partial charge in [0.25, 0.3) is 0 Å². The zero-order valence-electron chi connectivity index (χ0n) is 9.20. The van der Waals surface area contributed by atoms with Gasteiger partial charge in [-0.25, -0.2) is 0 Å². The van der Waals surface area contributed by atoms with E-state index < -0.39 is 5.60 Å². The largest absolute Gasteiger partial charge is 0.495 e. The lowest BCUT2D eigenvalue weighted by Crippen LogP contribution is -2.33. The van der Waals surface area contributed by atoms with Gasteiger partial charge in [-0.1, -0.05) is 17.7 Å². The Kier molecular flexibility index (Phi) is 3.38. The highest BCUT2D eigenvalue weighted by Crippen LogP contribution is 2.35. The van der Waals surface area contributed by atoms with E-state index in [0.29, 0.717) is 36.8 Å². The predicted octanol–water partition coefficient (Wildman–Crippen LogP) is 2.35. The first-order valence-electron chi connectivity index (χ1n) is 5.30. The van der Waals surface area contributed by atoms with E-state index in [2.05, 4.69) is 0 Å². The van der Waals surface area contributed by atoms with Gasteiger partial charge in [-0.3, -0.25) is 0 Å². The fourth-order valence-corrected chi connectivity index (χ4v) is 2.14. The molecule has 0 radical (unpaired) electrons. The third-order valence-corrected chi connectivity index (χ3v) is 3.32. The smallest absolute Gasteiger partial charge is 0.137 e. The van der Waals surface area contributed by atoms with Crippen LogP contribution in [0.25, 0.3) is 0 Å². The number of aliphatic hydroxyl groups is 1. The molecular formula is C12H15ClO3. The maximum atomic E-state index is 10.5. The summed E-state index contributed by atoms with van der Waals surface area (Å²) in [5.41, 5.74) is 0.0351. The van der Waals surface area contributed by atoms with Gasteiger partial charge in [-0.2, -0.15) is 0 Å². The standard InChI is InChI=1S/C12H15ClO3/c1-15-11-8-9(2-3-10(11)13)12(14)4-6-16-7-5-12/h2-3,8,14H,4-7H2,1H3. The summed E-state index contributed by atoms with van der Waals surface area (Å²) in [6.07, 6.45) is 1.22.